The molecule has 1 atom stereocenters. The van der Waals surface area contributed by atoms with Crippen LogP contribution in [-0.2, 0) is 25.3 Å². The normalized spacial score (nSPS) is 18.2. The number of hydrogen-bond donors (Lipinski definition) is 0. The third-order valence-electron chi connectivity index (χ3n) is 3.13. The van der Waals surface area contributed by atoms with Crippen molar-refractivity contribution in [3.63, 3.8) is 0 Å². The van der Waals surface area contributed by atoms with Crippen LogP contribution in [0.5, 0.6) is 0 Å². The van der Waals surface area contributed by atoms with Crippen molar-refractivity contribution >= 4 is 23.0 Å². The molecule has 1 aromatic carbocycles. The highest BCUT2D eigenvalue weighted by Crippen LogP contribution is 2.12. The molecule has 0 spiro atoms. The molecule has 1 heterocycles. The van der Waals surface area contributed by atoms with E-state index in [0.29, 0.717) is 31.9 Å². The Balaban J connectivity index is 2.11. The van der Waals surface area contributed by atoms with Crippen molar-refractivity contribution in [3.8, 4) is 0 Å². The van der Waals surface area contributed by atoms with Crippen molar-refractivity contribution in [1.29, 1.82) is 0 Å². The average molecular weight is 309 g/mol. The minimum atomic E-state index is -1.25. The molecule has 1 aromatic rings. The molecule has 1 saturated heterocycles. The van der Waals surface area contributed by atoms with Gasteiger partial charge in [0.15, 0.2) is 0 Å². The molecule has 1 unspecified atom stereocenters. The van der Waals surface area contributed by atoms with Gasteiger partial charge in [0.2, 0.25) is 0 Å². The molecule has 1 fully saturated rings. The van der Waals surface area contributed by atoms with E-state index in [1.165, 1.54) is 7.11 Å². The number of methoxy groups -OCH3 is 1. The third-order valence-corrected chi connectivity index (χ3v) is 4.62. The van der Waals surface area contributed by atoms with E-state index in [2.05, 4.69) is 0 Å². The molecule has 1 aliphatic rings. The summed E-state index contributed by atoms with van der Waals surface area (Å²) in [5, 5.41) is 0. The second kappa shape index (κ2) is 8.07. The van der Waals surface area contributed by atoms with E-state index in [4.69, 9.17) is 9.47 Å². The summed E-state index contributed by atoms with van der Waals surface area (Å²) >= 11 is 0. The van der Waals surface area contributed by atoms with Crippen molar-refractivity contribution in [2.24, 2.45) is 0 Å². The van der Waals surface area contributed by atoms with E-state index in [1.807, 2.05) is 34.6 Å². The van der Waals surface area contributed by atoms with Gasteiger partial charge in [0.05, 0.1) is 42.6 Å². The number of hydrogen-bond acceptors (Lipinski definition) is 4. The van der Waals surface area contributed by atoms with Crippen LogP contribution < -0.4 is 0 Å². The van der Waals surface area contributed by atoms with Crippen molar-refractivity contribution in [2.45, 2.75) is 0 Å². The summed E-state index contributed by atoms with van der Waals surface area (Å²) in [6, 6.07) is 9.46. The smallest absolute Gasteiger partial charge is 0.334 e. The van der Waals surface area contributed by atoms with E-state index in [9.17, 15) is 9.00 Å². The van der Waals surface area contributed by atoms with E-state index in [1.54, 1.807) is 6.08 Å². The van der Waals surface area contributed by atoms with Crippen molar-refractivity contribution in [3.05, 3.63) is 41.5 Å². The maximum absolute atomic E-state index is 12.4. The number of carbonyl (C=O) groups excluding carboxylic acids is 1. The Bertz CT molecular complexity index is 524. The predicted octanol–water partition coefficient (Wildman–Crippen LogP) is 1.24. The largest absolute Gasteiger partial charge is 0.466 e. The second-order valence-corrected chi connectivity index (χ2v) is 6.03. The maximum Gasteiger partial charge on any atom is 0.334 e. The van der Waals surface area contributed by atoms with Gasteiger partial charge < -0.3 is 9.47 Å². The van der Waals surface area contributed by atoms with Gasteiger partial charge in [0.1, 0.15) is 0 Å². The van der Waals surface area contributed by atoms with E-state index in [-0.39, 0.29) is 5.75 Å². The summed E-state index contributed by atoms with van der Waals surface area (Å²) in [6.07, 6.45) is 1.73. The van der Waals surface area contributed by atoms with Crippen LogP contribution in [0.1, 0.15) is 5.56 Å². The third kappa shape index (κ3) is 4.77. The van der Waals surface area contributed by atoms with Crippen LogP contribution in [-0.4, -0.2) is 53.6 Å². The van der Waals surface area contributed by atoms with Crippen LogP contribution in [0.3, 0.4) is 0 Å². The lowest BCUT2D eigenvalue weighted by Crippen LogP contribution is -2.39. The minimum absolute atomic E-state index is 0.154. The first kappa shape index (κ1) is 15.9. The Labute approximate surface area is 127 Å². The molecule has 1 aliphatic heterocycles. The molecular weight excluding hydrogens is 290 g/mol. The van der Waals surface area contributed by atoms with Gasteiger partial charge in [-0.1, -0.05) is 30.3 Å². The molecule has 0 aliphatic carbocycles. The monoisotopic (exact) mass is 309 g/mol. The molecule has 6 heteroatoms. The fraction of sp³-hybridized carbons (Fsp3) is 0.400. The number of nitrogens with zero attached hydrogens (tertiary/aromatic N) is 1. The molecular formula is C15H19NO4S. The zero-order chi connectivity index (χ0) is 15.1. The van der Waals surface area contributed by atoms with E-state index >= 15 is 0 Å². The minimum Gasteiger partial charge on any atom is -0.466 e. The van der Waals surface area contributed by atoms with Crippen molar-refractivity contribution < 1.29 is 18.5 Å². The molecule has 0 aromatic heterocycles. The highest BCUT2D eigenvalue weighted by molar-refractivity contribution is 7.82. The van der Waals surface area contributed by atoms with Gasteiger partial charge in [0, 0.05) is 13.1 Å². The summed E-state index contributed by atoms with van der Waals surface area (Å²) in [5.41, 5.74) is 1.30. The lowest BCUT2D eigenvalue weighted by Gasteiger charge is -2.25. The molecule has 0 amide bonds. The molecule has 0 radical (unpaired) electrons. The highest BCUT2D eigenvalue weighted by atomic mass is 32.2. The SMILES string of the molecule is COC(=O)/C(=C/c1ccccc1)CS(=O)N1CCOCC1. The van der Waals surface area contributed by atoms with Crippen LogP contribution in [0.2, 0.25) is 0 Å². The van der Waals surface area contributed by atoms with Gasteiger partial charge in [-0.05, 0) is 11.6 Å². The summed E-state index contributed by atoms with van der Waals surface area (Å²) in [6.45, 7) is 2.38. The summed E-state index contributed by atoms with van der Waals surface area (Å²) in [4.78, 5) is 11.9. The van der Waals surface area contributed by atoms with E-state index < -0.39 is 17.0 Å². The van der Waals surface area contributed by atoms with Gasteiger partial charge in [-0.15, -0.1) is 0 Å². The Morgan fingerprint density at radius 3 is 2.62 bits per heavy atom. The molecule has 0 saturated carbocycles. The Morgan fingerprint density at radius 1 is 1.33 bits per heavy atom. The van der Waals surface area contributed by atoms with Crippen molar-refractivity contribution in [1.82, 2.24) is 4.31 Å². The zero-order valence-electron chi connectivity index (χ0n) is 12.0. The van der Waals surface area contributed by atoms with Crippen molar-refractivity contribution in [2.75, 3.05) is 39.2 Å². The zero-order valence-corrected chi connectivity index (χ0v) is 12.8. The number of carbonyl (C=O) groups is 1. The maximum atomic E-state index is 12.4. The number of benzene rings is 1. The molecule has 114 valence electrons. The Hall–Kier alpha value is -1.50. The summed E-state index contributed by atoms with van der Waals surface area (Å²) < 4.78 is 24.2. The Morgan fingerprint density at radius 2 is 2.00 bits per heavy atom. The number of ether oxygens (including phenoxy) is 2. The van der Waals surface area contributed by atoms with Crippen LogP contribution in [0.4, 0.5) is 0 Å². The molecule has 2 rings (SSSR count). The van der Waals surface area contributed by atoms with E-state index in [0.717, 1.165) is 5.56 Å². The Kier molecular flexibility index (Phi) is 6.10. The number of morpholine rings is 1. The molecule has 5 nitrogen and oxygen atoms in total. The van der Waals surface area contributed by atoms with Crippen LogP contribution in [0.25, 0.3) is 6.08 Å². The van der Waals surface area contributed by atoms with Gasteiger partial charge >= 0.3 is 5.97 Å². The highest BCUT2D eigenvalue weighted by Gasteiger charge is 2.21. The first-order chi connectivity index (χ1) is 10.2. The van der Waals surface area contributed by atoms with Gasteiger partial charge in [-0.25, -0.2) is 13.3 Å². The van der Waals surface area contributed by atoms with Crippen LogP contribution in [0.15, 0.2) is 35.9 Å². The summed E-state index contributed by atoms with van der Waals surface area (Å²) in [7, 11) is 0.0840. The first-order valence-electron chi connectivity index (χ1n) is 6.76. The number of rotatable bonds is 5. The topological polar surface area (TPSA) is 55.8 Å². The molecule has 21 heavy (non-hydrogen) atoms. The van der Waals surface area contributed by atoms with Gasteiger partial charge in [0.25, 0.3) is 0 Å². The van der Waals surface area contributed by atoms with Crippen LogP contribution in [0, 0.1) is 0 Å². The predicted molar refractivity (Wildman–Crippen MR) is 81.8 cm³/mol. The van der Waals surface area contributed by atoms with Gasteiger partial charge in [-0.3, -0.25) is 0 Å². The number of esters is 1. The lowest BCUT2D eigenvalue weighted by molar-refractivity contribution is -0.135. The van der Waals surface area contributed by atoms with Gasteiger partial charge in [-0.2, -0.15) is 0 Å². The second-order valence-electron chi connectivity index (χ2n) is 4.58. The lowest BCUT2D eigenvalue weighted by atomic mass is 10.1. The first-order valence-corrected chi connectivity index (χ1v) is 8.03. The average Bonchev–Trinajstić information content (AvgIpc) is 2.55. The molecule has 0 N–H and O–H groups in total. The standard InChI is InChI=1S/C15H19NO4S/c1-19-15(17)14(11-13-5-3-2-4-6-13)12-21(18)16-7-9-20-10-8-16/h2-6,11H,7-10,12H2,1H3/b14-11+. The fourth-order valence-corrected chi connectivity index (χ4v) is 3.22. The van der Waals surface area contributed by atoms with Crippen LogP contribution >= 0.6 is 0 Å². The fourth-order valence-electron chi connectivity index (χ4n) is 2.02. The molecule has 0 bridgehead atoms. The summed E-state index contributed by atoms with van der Waals surface area (Å²) in [5.74, 6) is -0.290. The quantitative estimate of drug-likeness (QED) is 0.606.